The van der Waals surface area contributed by atoms with E-state index in [0.29, 0.717) is 32.1 Å². The zero-order chi connectivity index (χ0) is 26.0. The van der Waals surface area contributed by atoms with Gasteiger partial charge in [0, 0.05) is 18.3 Å². The highest BCUT2D eigenvalue weighted by Gasteiger charge is 2.66. The average molecular weight is 491 g/mol. The smallest absolute Gasteiger partial charge is 0.302 e. The first-order valence-corrected chi connectivity index (χ1v) is 13.7. The quantitative estimate of drug-likeness (QED) is 0.479. The van der Waals surface area contributed by atoms with Crippen molar-refractivity contribution in [3.63, 3.8) is 0 Å². The molecule has 0 unspecified atom stereocenters. The lowest BCUT2D eigenvalue weighted by molar-refractivity contribution is -0.156. The third-order valence-electron chi connectivity index (χ3n) is 10.7. The first kappa shape index (κ1) is 26.8. The summed E-state index contributed by atoms with van der Waals surface area (Å²) in [6, 6.07) is 0. The maximum Gasteiger partial charge on any atom is 0.302 e. The first-order chi connectivity index (χ1) is 16.1. The second-order valence-electron chi connectivity index (χ2n) is 13.4. The summed E-state index contributed by atoms with van der Waals surface area (Å²) in [4.78, 5) is 25.3. The van der Waals surface area contributed by atoms with Crippen LogP contribution in [0.4, 0.5) is 0 Å². The lowest BCUT2D eigenvalue weighted by Crippen LogP contribution is -2.59. The minimum atomic E-state index is -1.05. The molecule has 6 heteroatoms. The Balaban J connectivity index is 1.64. The topological polar surface area (TPSA) is 104 Å². The fraction of sp³-hybridized carbons (Fsp3) is 0.862. The first-order valence-electron chi connectivity index (χ1n) is 13.7. The van der Waals surface area contributed by atoms with Gasteiger partial charge in [-0.1, -0.05) is 20.8 Å². The van der Waals surface area contributed by atoms with Crippen LogP contribution in [0.5, 0.6) is 0 Å². The number of hydrogen-bond acceptors (Lipinski definition) is 6. The number of esters is 1. The summed E-state index contributed by atoms with van der Waals surface area (Å²) in [7, 11) is 0. The van der Waals surface area contributed by atoms with E-state index in [0.717, 1.165) is 31.3 Å². The van der Waals surface area contributed by atoms with Crippen LogP contribution in [-0.4, -0.2) is 50.5 Å². The van der Waals surface area contributed by atoms with E-state index < -0.39 is 22.7 Å². The lowest BCUT2D eigenvalue weighted by Gasteiger charge is -2.59. The van der Waals surface area contributed by atoms with Gasteiger partial charge in [0.2, 0.25) is 0 Å². The third kappa shape index (κ3) is 4.42. The number of carbonyl (C=O) groups excluding carboxylic acids is 2. The minimum absolute atomic E-state index is 0.0184. The number of carbonyl (C=O) groups is 2. The predicted octanol–water partition coefficient (Wildman–Crippen LogP) is 4.34. The predicted molar refractivity (Wildman–Crippen MR) is 133 cm³/mol. The average Bonchev–Trinajstić information content (AvgIpc) is 3.03. The van der Waals surface area contributed by atoms with Gasteiger partial charge < -0.3 is 20.1 Å². The largest absolute Gasteiger partial charge is 0.462 e. The molecule has 9 atom stereocenters. The van der Waals surface area contributed by atoms with Crippen molar-refractivity contribution >= 4 is 11.8 Å². The van der Waals surface area contributed by atoms with Gasteiger partial charge >= 0.3 is 5.97 Å². The second-order valence-corrected chi connectivity index (χ2v) is 13.4. The summed E-state index contributed by atoms with van der Waals surface area (Å²) in [6.07, 6.45) is 7.35. The van der Waals surface area contributed by atoms with Crippen LogP contribution in [0.1, 0.15) is 99.3 Å². The van der Waals surface area contributed by atoms with E-state index in [1.807, 2.05) is 0 Å². The Morgan fingerprint density at radius 1 is 1.17 bits per heavy atom. The monoisotopic (exact) mass is 490 g/mol. The highest BCUT2D eigenvalue weighted by molar-refractivity contribution is 5.95. The summed E-state index contributed by atoms with van der Waals surface area (Å²) < 4.78 is 5.77. The Hall–Kier alpha value is -1.24. The maximum absolute atomic E-state index is 13.3. The van der Waals surface area contributed by atoms with Crippen molar-refractivity contribution in [2.75, 3.05) is 0 Å². The van der Waals surface area contributed by atoms with Crippen LogP contribution in [0.25, 0.3) is 0 Å². The van der Waals surface area contributed by atoms with Gasteiger partial charge in [0.1, 0.15) is 6.10 Å². The van der Waals surface area contributed by atoms with Gasteiger partial charge in [0.15, 0.2) is 5.78 Å². The fourth-order valence-electron chi connectivity index (χ4n) is 8.60. The molecule has 0 heterocycles. The maximum atomic E-state index is 13.3. The molecule has 0 bridgehead atoms. The van der Waals surface area contributed by atoms with Crippen molar-refractivity contribution < 1.29 is 29.6 Å². The van der Waals surface area contributed by atoms with Crippen molar-refractivity contribution in [1.29, 1.82) is 0 Å². The van der Waals surface area contributed by atoms with E-state index in [9.17, 15) is 24.9 Å². The second kappa shape index (κ2) is 8.95. The Morgan fingerprint density at radius 3 is 2.49 bits per heavy atom. The Morgan fingerprint density at radius 2 is 1.86 bits per heavy atom. The number of fused-ring (bicyclic) bond motifs is 5. The molecule has 0 radical (unpaired) electrons. The molecule has 0 aromatic rings. The Labute approximate surface area is 210 Å². The van der Waals surface area contributed by atoms with Gasteiger partial charge in [-0.25, -0.2) is 0 Å². The molecule has 0 amide bonds. The number of ether oxygens (including phenoxy) is 1. The van der Waals surface area contributed by atoms with E-state index in [4.69, 9.17) is 4.74 Å². The molecule has 0 saturated heterocycles. The van der Waals surface area contributed by atoms with Gasteiger partial charge in [-0.05, 0) is 106 Å². The van der Waals surface area contributed by atoms with Crippen molar-refractivity contribution in [2.24, 2.45) is 34.5 Å². The van der Waals surface area contributed by atoms with Gasteiger partial charge in [-0.2, -0.15) is 0 Å². The molecule has 0 spiro atoms. The highest BCUT2D eigenvalue weighted by atomic mass is 16.5. The van der Waals surface area contributed by atoms with E-state index >= 15 is 0 Å². The molecule has 0 aromatic carbocycles. The van der Waals surface area contributed by atoms with Crippen molar-refractivity contribution in [3.05, 3.63) is 11.6 Å². The molecule has 4 aliphatic carbocycles. The van der Waals surface area contributed by atoms with Crippen LogP contribution in [0.2, 0.25) is 0 Å². The number of aliphatic hydroxyl groups is 3. The van der Waals surface area contributed by atoms with Crippen LogP contribution in [0.3, 0.4) is 0 Å². The summed E-state index contributed by atoms with van der Waals surface area (Å²) in [5.74, 6) is -0.115. The molecule has 3 saturated carbocycles. The molecule has 35 heavy (non-hydrogen) atoms. The Bertz CT molecular complexity index is 888. The summed E-state index contributed by atoms with van der Waals surface area (Å²) >= 11 is 0. The van der Waals surface area contributed by atoms with Crippen molar-refractivity contribution in [3.8, 4) is 0 Å². The van der Waals surface area contributed by atoms with Crippen LogP contribution >= 0.6 is 0 Å². The molecular weight excluding hydrogens is 444 g/mol. The third-order valence-corrected chi connectivity index (χ3v) is 10.7. The van der Waals surface area contributed by atoms with Gasteiger partial charge in [0.25, 0.3) is 0 Å². The van der Waals surface area contributed by atoms with Crippen molar-refractivity contribution in [1.82, 2.24) is 0 Å². The van der Waals surface area contributed by atoms with Crippen LogP contribution in [0.15, 0.2) is 11.6 Å². The van der Waals surface area contributed by atoms with Gasteiger partial charge in [-0.15, -0.1) is 0 Å². The normalized spacial score (nSPS) is 42.9. The standard InChI is InChI=1S/C29H46O6/c1-17(25(35-18(2)30)10-11-26(3,4)33)20-9-14-29(34)22-16-24(32)23-15-19(31)7-12-27(23,5)21(22)8-13-28(20,29)6/h16-17,19-21,23,25,31,33-34H,7-15H2,1-6H3/t17-,19-,20+,21-,23+,25+,27+,28+,29+/m0/s1. The highest BCUT2D eigenvalue weighted by Crippen LogP contribution is 2.68. The van der Waals surface area contributed by atoms with Gasteiger partial charge in [0.05, 0.1) is 17.3 Å². The van der Waals surface area contributed by atoms with Crippen LogP contribution < -0.4 is 0 Å². The lowest BCUT2D eigenvalue weighted by atomic mass is 9.46. The Kier molecular flexibility index (Phi) is 6.86. The molecule has 0 aromatic heterocycles. The molecule has 198 valence electrons. The summed E-state index contributed by atoms with van der Waals surface area (Å²) in [5, 5.41) is 32.9. The zero-order valence-electron chi connectivity index (χ0n) is 22.5. The molecule has 3 N–H and O–H groups in total. The summed E-state index contributed by atoms with van der Waals surface area (Å²) in [6.45, 7) is 11.5. The molecule has 3 fully saturated rings. The minimum Gasteiger partial charge on any atom is -0.462 e. The molecular formula is C29H46O6. The molecule has 0 aliphatic heterocycles. The number of hydrogen-bond donors (Lipinski definition) is 3. The molecule has 4 rings (SSSR count). The zero-order valence-corrected chi connectivity index (χ0v) is 22.5. The molecule has 4 aliphatic rings. The van der Waals surface area contributed by atoms with E-state index in [2.05, 4.69) is 20.8 Å². The number of allylic oxidation sites excluding steroid dienone is 1. The van der Waals surface area contributed by atoms with E-state index in [1.54, 1.807) is 19.9 Å². The van der Waals surface area contributed by atoms with Crippen molar-refractivity contribution in [2.45, 2.75) is 123 Å². The fourth-order valence-corrected chi connectivity index (χ4v) is 8.60. The van der Waals surface area contributed by atoms with E-state index in [1.165, 1.54) is 6.92 Å². The summed E-state index contributed by atoms with van der Waals surface area (Å²) in [5.41, 5.74) is -1.61. The van der Waals surface area contributed by atoms with Crippen LogP contribution in [0, 0.1) is 34.5 Å². The number of ketones is 1. The number of aliphatic hydroxyl groups excluding tert-OH is 1. The van der Waals surface area contributed by atoms with Crippen LogP contribution in [-0.2, 0) is 14.3 Å². The van der Waals surface area contributed by atoms with E-state index in [-0.39, 0.29) is 46.9 Å². The van der Waals surface area contributed by atoms with Gasteiger partial charge in [-0.3, -0.25) is 9.59 Å². The molecule has 6 nitrogen and oxygen atoms in total. The SMILES string of the molecule is CC(=O)O[C@H](CCC(C)(C)O)[C@@H](C)[C@H]1CC[C@@]2(O)C3=CC(=O)[C@H]4C[C@@H](O)CC[C@]4(C)[C@H]3CC[C@]12C. The number of rotatable bonds is 6.